The number of nitrogens with zero attached hydrogens (tertiary/aromatic N) is 2. The number of rotatable bonds is 2. The second-order valence-corrected chi connectivity index (χ2v) is 4.98. The lowest BCUT2D eigenvalue weighted by atomic mass is 10.0. The van der Waals surface area contributed by atoms with Gasteiger partial charge in [0, 0.05) is 12.4 Å². The fourth-order valence-corrected chi connectivity index (χ4v) is 2.10. The van der Waals surface area contributed by atoms with Crippen LogP contribution in [-0.2, 0) is 5.54 Å². The van der Waals surface area contributed by atoms with Gasteiger partial charge in [0.05, 0.1) is 5.54 Å². The molecule has 0 bridgehead atoms. The zero-order chi connectivity index (χ0) is 10.1. The molecule has 0 aliphatic carbocycles. The van der Waals surface area contributed by atoms with Crippen molar-refractivity contribution in [2.24, 2.45) is 0 Å². The summed E-state index contributed by atoms with van der Waals surface area (Å²) in [6, 6.07) is 0. The highest BCUT2D eigenvalue weighted by atomic mass is 79.9. The predicted molar refractivity (Wildman–Crippen MR) is 59.0 cm³/mol. The lowest BCUT2D eigenvalue weighted by Crippen LogP contribution is -2.24. The van der Waals surface area contributed by atoms with Gasteiger partial charge in [0.1, 0.15) is 5.82 Å². The maximum Gasteiger partial charge on any atom is 0.106 e. The molecule has 0 spiro atoms. The highest BCUT2D eigenvalue weighted by Gasteiger charge is 2.18. The van der Waals surface area contributed by atoms with Crippen molar-refractivity contribution in [1.29, 1.82) is 0 Å². The summed E-state index contributed by atoms with van der Waals surface area (Å²) in [5.41, 5.74) is -0.0197. The van der Waals surface area contributed by atoms with Gasteiger partial charge in [-0.05, 0) is 38.3 Å². The number of aryl methyl sites for hydroxylation is 1. The van der Waals surface area contributed by atoms with E-state index in [0.717, 1.165) is 10.3 Å². The van der Waals surface area contributed by atoms with E-state index >= 15 is 0 Å². The second kappa shape index (κ2) is 3.66. The predicted octanol–water partition coefficient (Wildman–Crippen LogP) is 3.23. The van der Waals surface area contributed by atoms with E-state index in [2.05, 4.69) is 45.4 Å². The van der Waals surface area contributed by atoms with Gasteiger partial charge < -0.3 is 4.57 Å². The van der Waals surface area contributed by atoms with Crippen molar-refractivity contribution in [3.63, 3.8) is 0 Å². The molecule has 13 heavy (non-hydrogen) atoms. The van der Waals surface area contributed by atoms with E-state index in [-0.39, 0.29) is 5.54 Å². The van der Waals surface area contributed by atoms with Crippen LogP contribution in [0.25, 0.3) is 0 Å². The van der Waals surface area contributed by atoms with Crippen LogP contribution in [-0.4, -0.2) is 9.55 Å². The maximum absolute atomic E-state index is 4.21. The third kappa shape index (κ3) is 2.44. The number of imidazole rings is 1. The summed E-state index contributed by atoms with van der Waals surface area (Å²) in [7, 11) is 0. The van der Waals surface area contributed by atoms with Crippen LogP contribution in [0.1, 0.15) is 26.6 Å². The lowest BCUT2D eigenvalue weighted by molar-refractivity contribution is 0.443. The first-order chi connectivity index (χ1) is 5.93. The molecule has 1 aromatic heterocycles. The molecule has 0 aliphatic heterocycles. The zero-order valence-electron chi connectivity index (χ0n) is 8.50. The Labute approximate surface area is 87.8 Å². The molecular formula is C10H15BrN2. The molecule has 0 amide bonds. The summed E-state index contributed by atoms with van der Waals surface area (Å²) in [6.07, 6.45) is 6.00. The maximum atomic E-state index is 4.21. The first kappa shape index (κ1) is 10.5. The van der Waals surface area contributed by atoms with Gasteiger partial charge in [-0.1, -0.05) is 15.9 Å². The molecule has 72 valence electrons. The van der Waals surface area contributed by atoms with Gasteiger partial charge in [-0.25, -0.2) is 4.98 Å². The molecule has 1 aromatic rings. The standard InChI is InChI=1S/C10H15BrN2/c1-8(11)7-10(3,4)13-6-5-12-9(13)2/h5-7H,1-4H3/b8-7+. The van der Waals surface area contributed by atoms with E-state index in [0.29, 0.717) is 0 Å². The number of hydrogen-bond donors (Lipinski definition) is 0. The molecule has 0 radical (unpaired) electrons. The van der Waals surface area contributed by atoms with Gasteiger partial charge in [-0.2, -0.15) is 0 Å². The van der Waals surface area contributed by atoms with Crippen molar-refractivity contribution in [2.45, 2.75) is 33.2 Å². The van der Waals surface area contributed by atoms with Crippen LogP contribution in [0.5, 0.6) is 0 Å². The molecular weight excluding hydrogens is 228 g/mol. The van der Waals surface area contributed by atoms with Crippen molar-refractivity contribution < 1.29 is 0 Å². The average molecular weight is 243 g/mol. The van der Waals surface area contributed by atoms with Gasteiger partial charge in [0.2, 0.25) is 0 Å². The van der Waals surface area contributed by atoms with Crippen molar-refractivity contribution in [2.75, 3.05) is 0 Å². The van der Waals surface area contributed by atoms with E-state index in [9.17, 15) is 0 Å². The van der Waals surface area contributed by atoms with Crippen LogP contribution >= 0.6 is 15.9 Å². The first-order valence-corrected chi connectivity index (χ1v) is 5.08. The molecule has 0 fully saturated rings. The molecule has 0 aromatic carbocycles. The van der Waals surface area contributed by atoms with E-state index in [1.807, 2.05) is 26.2 Å². The SMILES string of the molecule is C/C(Br)=C\C(C)(C)n1ccnc1C. The zero-order valence-corrected chi connectivity index (χ0v) is 10.1. The molecule has 1 heterocycles. The van der Waals surface area contributed by atoms with Crippen LogP contribution in [0.2, 0.25) is 0 Å². The van der Waals surface area contributed by atoms with Crippen LogP contribution in [0.3, 0.4) is 0 Å². The normalized spacial score (nSPS) is 13.5. The highest BCUT2D eigenvalue weighted by Crippen LogP contribution is 2.22. The number of halogens is 1. The molecule has 0 unspecified atom stereocenters. The lowest BCUT2D eigenvalue weighted by Gasteiger charge is -2.24. The second-order valence-electron chi connectivity index (χ2n) is 3.73. The molecule has 0 saturated heterocycles. The monoisotopic (exact) mass is 242 g/mol. The Bertz CT molecular complexity index is 319. The number of aromatic nitrogens is 2. The average Bonchev–Trinajstić information content (AvgIpc) is 2.32. The van der Waals surface area contributed by atoms with Gasteiger partial charge in [-0.15, -0.1) is 0 Å². The fraction of sp³-hybridized carbons (Fsp3) is 0.500. The minimum Gasteiger partial charge on any atom is -0.326 e. The molecule has 0 atom stereocenters. The molecule has 0 saturated carbocycles. The summed E-state index contributed by atoms with van der Waals surface area (Å²) in [6.45, 7) is 8.37. The first-order valence-electron chi connectivity index (χ1n) is 4.29. The third-order valence-electron chi connectivity index (χ3n) is 2.00. The smallest absolute Gasteiger partial charge is 0.106 e. The van der Waals surface area contributed by atoms with Crippen LogP contribution in [0.4, 0.5) is 0 Å². The topological polar surface area (TPSA) is 17.8 Å². The third-order valence-corrected chi connectivity index (χ3v) is 2.23. The Morgan fingerprint density at radius 2 is 2.23 bits per heavy atom. The minimum atomic E-state index is -0.0197. The summed E-state index contributed by atoms with van der Waals surface area (Å²) < 4.78 is 3.29. The Morgan fingerprint density at radius 1 is 1.62 bits per heavy atom. The Morgan fingerprint density at radius 3 is 2.62 bits per heavy atom. The summed E-state index contributed by atoms with van der Waals surface area (Å²) >= 11 is 3.45. The van der Waals surface area contributed by atoms with Crippen LogP contribution in [0.15, 0.2) is 23.0 Å². The number of allylic oxidation sites excluding steroid dienone is 2. The summed E-state index contributed by atoms with van der Waals surface area (Å²) in [5, 5.41) is 0. The fourth-order valence-electron chi connectivity index (χ4n) is 1.54. The molecule has 1 rings (SSSR count). The minimum absolute atomic E-state index is 0.0197. The van der Waals surface area contributed by atoms with E-state index < -0.39 is 0 Å². The quantitative estimate of drug-likeness (QED) is 0.779. The largest absolute Gasteiger partial charge is 0.326 e. The van der Waals surface area contributed by atoms with Gasteiger partial charge in [0.15, 0.2) is 0 Å². The Balaban J connectivity index is 3.07. The van der Waals surface area contributed by atoms with Crippen LogP contribution < -0.4 is 0 Å². The molecule has 3 heteroatoms. The Kier molecular flexibility index (Phi) is 2.96. The van der Waals surface area contributed by atoms with E-state index in [4.69, 9.17) is 0 Å². The van der Waals surface area contributed by atoms with Crippen molar-refractivity contribution in [3.8, 4) is 0 Å². The molecule has 2 nitrogen and oxygen atoms in total. The highest BCUT2D eigenvalue weighted by molar-refractivity contribution is 9.11. The molecule has 0 aliphatic rings. The summed E-state index contributed by atoms with van der Waals surface area (Å²) in [5.74, 6) is 1.04. The summed E-state index contributed by atoms with van der Waals surface area (Å²) in [4.78, 5) is 4.21. The van der Waals surface area contributed by atoms with E-state index in [1.54, 1.807) is 0 Å². The van der Waals surface area contributed by atoms with Gasteiger partial charge in [-0.3, -0.25) is 0 Å². The number of hydrogen-bond acceptors (Lipinski definition) is 1. The van der Waals surface area contributed by atoms with Gasteiger partial charge in [0.25, 0.3) is 0 Å². The van der Waals surface area contributed by atoms with Crippen molar-refractivity contribution in [3.05, 3.63) is 28.8 Å². The van der Waals surface area contributed by atoms with Gasteiger partial charge >= 0.3 is 0 Å². The Hall–Kier alpha value is -0.570. The van der Waals surface area contributed by atoms with E-state index in [1.165, 1.54) is 0 Å². The van der Waals surface area contributed by atoms with Crippen molar-refractivity contribution >= 4 is 15.9 Å². The van der Waals surface area contributed by atoms with Crippen LogP contribution in [0, 0.1) is 6.92 Å². The van der Waals surface area contributed by atoms with Crippen molar-refractivity contribution in [1.82, 2.24) is 9.55 Å². The molecule has 0 N–H and O–H groups in total.